The van der Waals surface area contributed by atoms with Crippen LogP contribution in [0.3, 0.4) is 0 Å². The Kier molecular flexibility index (Phi) is 5.26. The van der Waals surface area contributed by atoms with Crippen LogP contribution in [-0.4, -0.2) is 22.8 Å². The fraction of sp³-hybridized carbons (Fsp3) is 0.300. The molecule has 1 unspecified atom stereocenters. The number of hydrogen-bond donors (Lipinski definition) is 1. The minimum Gasteiger partial charge on any atom is -0.455 e. The van der Waals surface area contributed by atoms with Crippen molar-refractivity contribution in [1.82, 2.24) is 5.32 Å². The summed E-state index contributed by atoms with van der Waals surface area (Å²) in [6.45, 7) is 1.25. The zero-order chi connectivity index (χ0) is 18.8. The van der Waals surface area contributed by atoms with Crippen molar-refractivity contribution in [3.8, 4) is 0 Å². The van der Waals surface area contributed by atoms with E-state index in [2.05, 4.69) is 5.32 Å². The molecule has 6 heteroatoms. The molecule has 0 saturated heterocycles. The number of benzene rings is 2. The summed E-state index contributed by atoms with van der Waals surface area (Å²) in [4.78, 5) is 24.5. The second-order valence-corrected chi connectivity index (χ2v) is 8.10. The SMILES string of the molecule is CC1(C(=O)OCC(=O)NC(c2ccccc2)c2ccccc2)CC1(Cl)Cl. The van der Waals surface area contributed by atoms with E-state index in [1.807, 2.05) is 60.7 Å². The zero-order valence-corrected chi connectivity index (χ0v) is 15.8. The zero-order valence-electron chi connectivity index (χ0n) is 14.2. The second kappa shape index (κ2) is 7.29. The monoisotopic (exact) mass is 391 g/mol. The number of ether oxygens (including phenoxy) is 1. The van der Waals surface area contributed by atoms with Gasteiger partial charge in [0.2, 0.25) is 0 Å². The Bertz CT molecular complexity index is 756. The Morgan fingerprint density at radius 3 is 1.92 bits per heavy atom. The summed E-state index contributed by atoms with van der Waals surface area (Å²) < 4.78 is 4.01. The van der Waals surface area contributed by atoms with Crippen LogP contribution >= 0.6 is 23.2 Å². The first kappa shape index (κ1) is 18.7. The standard InChI is InChI=1S/C20H19Cl2NO3/c1-19(13-20(19,21)22)18(25)26-12-16(24)23-17(14-8-4-2-5-9-14)15-10-6-3-7-11-15/h2-11,17H,12-13H2,1H3,(H,23,24). The lowest BCUT2D eigenvalue weighted by molar-refractivity contribution is -0.153. The van der Waals surface area contributed by atoms with Gasteiger partial charge in [0.15, 0.2) is 6.61 Å². The Hall–Kier alpha value is -2.04. The molecule has 2 aromatic carbocycles. The fourth-order valence-electron chi connectivity index (χ4n) is 2.76. The van der Waals surface area contributed by atoms with Crippen LogP contribution in [0.4, 0.5) is 0 Å². The van der Waals surface area contributed by atoms with Crippen molar-refractivity contribution < 1.29 is 14.3 Å². The first-order valence-corrected chi connectivity index (χ1v) is 9.03. The van der Waals surface area contributed by atoms with Crippen LogP contribution in [0, 0.1) is 5.41 Å². The highest BCUT2D eigenvalue weighted by Gasteiger charge is 2.69. The van der Waals surface area contributed by atoms with Crippen LogP contribution in [-0.2, 0) is 14.3 Å². The van der Waals surface area contributed by atoms with Crippen molar-refractivity contribution in [2.45, 2.75) is 23.7 Å². The van der Waals surface area contributed by atoms with Crippen LogP contribution in [0.1, 0.15) is 30.5 Å². The molecule has 1 N–H and O–H groups in total. The third-order valence-electron chi connectivity index (χ3n) is 4.61. The fourth-order valence-corrected chi connectivity index (χ4v) is 3.45. The number of carbonyl (C=O) groups is 2. The van der Waals surface area contributed by atoms with Crippen LogP contribution in [0.2, 0.25) is 0 Å². The van der Waals surface area contributed by atoms with Gasteiger partial charge < -0.3 is 10.1 Å². The van der Waals surface area contributed by atoms with E-state index in [0.29, 0.717) is 6.42 Å². The van der Waals surface area contributed by atoms with Crippen molar-refractivity contribution in [3.63, 3.8) is 0 Å². The number of halogens is 2. The van der Waals surface area contributed by atoms with Gasteiger partial charge in [-0.05, 0) is 18.1 Å². The van der Waals surface area contributed by atoms with Gasteiger partial charge >= 0.3 is 5.97 Å². The first-order chi connectivity index (χ1) is 12.3. The highest BCUT2D eigenvalue weighted by atomic mass is 35.5. The lowest BCUT2D eigenvalue weighted by atomic mass is 9.99. The van der Waals surface area contributed by atoms with Crippen molar-refractivity contribution in [2.24, 2.45) is 5.41 Å². The topological polar surface area (TPSA) is 55.4 Å². The van der Waals surface area contributed by atoms with Crippen molar-refractivity contribution in [3.05, 3.63) is 71.8 Å². The summed E-state index contributed by atoms with van der Waals surface area (Å²) in [6, 6.07) is 18.9. The highest BCUT2D eigenvalue weighted by molar-refractivity contribution is 6.53. The molecule has 0 aliphatic heterocycles. The molecule has 0 heterocycles. The summed E-state index contributed by atoms with van der Waals surface area (Å²) in [5, 5.41) is 2.92. The maximum Gasteiger partial charge on any atom is 0.315 e. The molecule has 1 aliphatic carbocycles. The van der Waals surface area contributed by atoms with Gasteiger partial charge in [-0.2, -0.15) is 0 Å². The van der Waals surface area contributed by atoms with E-state index in [9.17, 15) is 9.59 Å². The number of esters is 1. The predicted molar refractivity (Wildman–Crippen MR) is 101 cm³/mol. The minimum absolute atomic E-state index is 0.320. The Morgan fingerprint density at radius 1 is 1.04 bits per heavy atom. The summed E-state index contributed by atoms with van der Waals surface area (Å²) in [5.74, 6) is -0.955. The Labute approximate surface area is 162 Å². The average molecular weight is 392 g/mol. The predicted octanol–water partition coefficient (Wildman–Crippen LogP) is 4.02. The third-order valence-corrected chi connectivity index (χ3v) is 5.72. The van der Waals surface area contributed by atoms with E-state index < -0.39 is 21.6 Å². The van der Waals surface area contributed by atoms with E-state index in [1.54, 1.807) is 6.92 Å². The van der Waals surface area contributed by atoms with E-state index in [1.165, 1.54) is 0 Å². The molecule has 1 amide bonds. The van der Waals surface area contributed by atoms with Gasteiger partial charge in [-0.15, -0.1) is 23.2 Å². The third kappa shape index (κ3) is 3.87. The number of carbonyl (C=O) groups excluding carboxylic acids is 2. The molecule has 4 nitrogen and oxygen atoms in total. The second-order valence-electron chi connectivity index (χ2n) is 6.61. The number of hydrogen-bond acceptors (Lipinski definition) is 3. The number of alkyl halides is 2. The van der Waals surface area contributed by atoms with Crippen LogP contribution in [0.25, 0.3) is 0 Å². The molecular weight excluding hydrogens is 373 g/mol. The molecule has 26 heavy (non-hydrogen) atoms. The quantitative estimate of drug-likeness (QED) is 0.597. The molecule has 0 bridgehead atoms. The summed E-state index contributed by atoms with van der Waals surface area (Å²) in [7, 11) is 0. The molecular formula is C20H19Cl2NO3. The van der Waals surface area contributed by atoms with Gasteiger partial charge in [-0.1, -0.05) is 60.7 Å². The summed E-state index contributed by atoms with van der Waals surface area (Å²) in [6.07, 6.45) is 0.320. The number of rotatable bonds is 6. The molecule has 1 fully saturated rings. The average Bonchev–Trinajstić information content (AvgIpc) is 3.18. The molecule has 0 aromatic heterocycles. The lowest BCUT2D eigenvalue weighted by Crippen LogP contribution is -2.34. The lowest BCUT2D eigenvalue weighted by Gasteiger charge is -2.20. The number of nitrogens with one attached hydrogen (secondary N) is 1. The Balaban J connectivity index is 1.66. The van der Waals surface area contributed by atoms with Crippen LogP contribution < -0.4 is 5.32 Å². The van der Waals surface area contributed by atoms with Gasteiger partial charge in [-0.25, -0.2) is 0 Å². The minimum atomic E-state index is -1.11. The molecule has 0 radical (unpaired) electrons. The van der Waals surface area contributed by atoms with E-state index in [4.69, 9.17) is 27.9 Å². The van der Waals surface area contributed by atoms with Crippen molar-refractivity contribution in [2.75, 3.05) is 6.61 Å². The highest BCUT2D eigenvalue weighted by Crippen LogP contribution is 2.64. The normalized spacial score (nSPS) is 20.5. The van der Waals surface area contributed by atoms with Gasteiger partial charge in [0, 0.05) is 6.42 Å². The van der Waals surface area contributed by atoms with E-state index in [-0.39, 0.29) is 12.6 Å². The smallest absolute Gasteiger partial charge is 0.315 e. The van der Waals surface area contributed by atoms with Crippen LogP contribution in [0.5, 0.6) is 0 Å². The first-order valence-electron chi connectivity index (χ1n) is 8.28. The molecule has 136 valence electrons. The molecule has 3 rings (SSSR count). The van der Waals surface area contributed by atoms with Gasteiger partial charge in [0.1, 0.15) is 9.75 Å². The summed E-state index contributed by atoms with van der Waals surface area (Å²) >= 11 is 11.9. The largest absolute Gasteiger partial charge is 0.455 e. The van der Waals surface area contributed by atoms with Gasteiger partial charge in [-0.3, -0.25) is 9.59 Å². The summed E-state index contributed by atoms with van der Waals surface area (Å²) in [5.41, 5.74) is 0.926. The molecule has 0 spiro atoms. The van der Waals surface area contributed by atoms with Crippen molar-refractivity contribution >= 4 is 35.1 Å². The van der Waals surface area contributed by atoms with Gasteiger partial charge in [0.05, 0.1) is 6.04 Å². The van der Waals surface area contributed by atoms with E-state index in [0.717, 1.165) is 11.1 Å². The maximum atomic E-state index is 12.4. The molecule has 1 atom stereocenters. The molecule has 1 aliphatic rings. The maximum absolute atomic E-state index is 12.4. The molecule has 2 aromatic rings. The van der Waals surface area contributed by atoms with E-state index >= 15 is 0 Å². The van der Waals surface area contributed by atoms with Crippen LogP contribution in [0.15, 0.2) is 60.7 Å². The van der Waals surface area contributed by atoms with Crippen molar-refractivity contribution in [1.29, 1.82) is 0 Å². The Morgan fingerprint density at radius 2 is 1.50 bits per heavy atom. The molecule has 1 saturated carbocycles. The van der Waals surface area contributed by atoms with Gasteiger partial charge in [0.25, 0.3) is 5.91 Å². The number of amides is 1.